The van der Waals surface area contributed by atoms with Crippen LogP contribution >= 0.6 is 0 Å². The van der Waals surface area contributed by atoms with Gasteiger partial charge in [-0.05, 0) is 38.1 Å². The van der Waals surface area contributed by atoms with Gasteiger partial charge in [-0.3, -0.25) is 4.90 Å². The van der Waals surface area contributed by atoms with E-state index in [2.05, 4.69) is 18.9 Å². The average Bonchev–Trinajstić information content (AvgIpc) is 2.28. The van der Waals surface area contributed by atoms with Gasteiger partial charge in [0, 0.05) is 26.3 Å². The molecule has 1 rings (SSSR count). The van der Waals surface area contributed by atoms with Crippen LogP contribution in [0.4, 0.5) is 0 Å². The van der Waals surface area contributed by atoms with Crippen LogP contribution in [-0.4, -0.2) is 37.3 Å². The van der Waals surface area contributed by atoms with Crippen molar-refractivity contribution in [2.45, 2.75) is 19.4 Å². The molecule has 0 bridgehead atoms. The minimum Gasteiger partial charge on any atom is -0.508 e. The summed E-state index contributed by atoms with van der Waals surface area (Å²) in [6, 6.07) is 7.74. The van der Waals surface area contributed by atoms with Crippen LogP contribution in [0.3, 0.4) is 0 Å². The summed E-state index contributed by atoms with van der Waals surface area (Å²) in [6.07, 6.45) is 1.02. The first-order valence-corrected chi connectivity index (χ1v) is 5.63. The zero-order valence-corrected chi connectivity index (χ0v) is 10.3. The van der Waals surface area contributed by atoms with Gasteiger partial charge in [0.2, 0.25) is 0 Å². The van der Waals surface area contributed by atoms with E-state index in [1.807, 2.05) is 18.2 Å². The van der Waals surface area contributed by atoms with Crippen LogP contribution in [0.1, 0.15) is 24.9 Å². The van der Waals surface area contributed by atoms with Crippen molar-refractivity contribution in [1.82, 2.24) is 4.90 Å². The van der Waals surface area contributed by atoms with Gasteiger partial charge in [-0.1, -0.05) is 12.1 Å². The molecule has 0 amide bonds. The lowest BCUT2D eigenvalue weighted by Crippen LogP contribution is -2.24. The van der Waals surface area contributed by atoms with Crippen molar-refractivity contribution < 1.29 is 9.84 Å². The normalized spacial score (nSPS) is 13.0. The monoisotopic (exact) mass is 223 g/mol. The third-order valence-electron chi connectivity index (χ3n) is 2.87. The van der Waals surface area contributed by atoms with Gasteiger partial charge < -0.3 is 9.84 Å². The molecule has 0 saturated heterocycles. The molecule has 1 unspecified atom stereocenters. The molecule has 0 heterocycles. The van der Waals surface area contributed by atoms with E-state index in [0.717, 1.165) is 25.1 Å². The number of nitrogens with zero attached hydrogens (tertiary/aromatic N) is 1. The van der Waals surface area contributed by atoms with Gasteiger partial charge in [-0.15, -0.1) is 0 Å². The van der Waals surface area contributed by atoms with Crippen molar-refractivity contribution in [2.24, 2.45) is 0 Å². The Labute approximate surface area is 97.7 Å². The SMILES string of the molecule is COCCCN(C)C(C)c1cccc(O)c1. The Morgan fingerprint density at radius 2 is 2.19 bits per heavy atom. The fourth-order valence-corrected chi connectivity index (χ4v) is 1.69. The van der Waals surface area contributed by atoms with E-state index in [-0.39, 0.29) is 0 Å². The smallest absolute Gasteiger partial charge is 0.115 e. The van der Waals surface area contributed by atoms with Crippen molar-refractivity contribution in [3.63, 3.8) is 0 Å². The Morgan fingerprint density at radius 3 is 2.81 bits per heavy atom. The molecular weight excluding hydrogens is 202 g/mol. The minimum atomic E-state index is 0.309. The largest absolute Gasteiger partial charge is 0.508 e. The maximum absolute atomic E-state index is 9.42. The lowest BCUT2D eigenvalue weighted by atomic mass is 10.1. The van der Waals surface area contributed by atoms with E-state index in [1.54, 1.807) is 13.2 Å². The van der Waals surface area contributed by atoms with Crippen LogP contribution in [0.15, 0.2) is 24.3 Å². The number of hydrogen-bond donors (Lipinski definition) is 1. The fraction of sp³-hybridized carbons (Fsp3) is 0.538. The highest BCUT2D eigenvalue weighted by atomic mass is 16.5. The predicted octanol–water partition coefficient (Wildman–Crippen LogP) is 2.42. The number of benzene rings is 1. The molecule has 1 N–H and O–H groups in total. The van der Waals surface area contributed by atoms with E-state index in [0.29, 0.717) is 11.8 Å². The molecule has 0 aliphatic carbocycles. The van der Waals surface area contributed by atoms with Crippen LogP contribution in [0.2, 0.25) is 0 Å². The first-order chi connectivity index (χ1) is 7.65. The molecule has 16 heavy (non-hydrogen) atoms. The van der Waals surface area contributed by atoms with Crippen LogP contribution in [0.25, 0.3) is 0 Å². The maximum Gasteiger partial charge on any atom is 0.115 e. The molecule has 0 aromatic heterocycles. The third-order valence-corrected chi connectivity index (χ3v) is 2.87. The van der Waals surface area contributed by atoms with Crippen LogP contribution < -0.4 is 0 Å². The van der Waals surface area contributed by atoms with Crippen molar-refractivity contribution in [3.05, 3.63) is 29.8 Å². The number of hydrogen-bond acceptors (Lipinski definition) is 3. The second-order valence-corrected chi connectivity index (χ2v) is 4.10. The zero-order chi connectivity index (χ0) is 12.0. The molecule has 1 atom stereocenters. The van der Waals surface area contributed by atoms with E-state index < -0.39 is 0 Å². The highest BCUT2D eigenvalue weighted by Crippen LogP contribution is 2.22. The molecule has 0 fully saturated rings. The van der Waals surface area contributed by atoms with E-state index in [9.17, 15) is 5.11 Å². The van der Waals surface area contributed by atoms with Crippen molar-refractivity contribution in [1.29, 1.82) is 0 Å². The molecule has 0 spiro atoms. The molecule has 1 aromatic carbocycles. The second kappa shape index (κ2) is 6.51. The average molecular weight is 223 g/mol. The fourth-order valence-electron chi connectivity index (χ4n) is 1.69. The van der Waals surface area contributed by atoms with Gasteiger partial charge in [0.25, 0.3) is 0 Å². The predicted molar refractivity (Wildman–Crippen MR) is 65.6 cm³/mol. The molecule has 0 radical (unpaired) electrons. The van der Waals surface area contributed by atoms with Gasteiger partial charge in [0.1, 0.15) is 5.75 Å². The molecule has 0 aliphatic rings. The summed E-state index contributed by atoms with van der Waals surface area (Å²) in [6.45, 7) is 3.92. The number of ether oxygens (including phenoxy) is 1. The Bertz CT molecular complexity index is 315. The molecule has 3 heteroatoms. The quantitative estimate of drug-likeness (QED) is 0.752. The number of methoxy groups -OCH3 is 1. The summed E-state index contributed by atoms with van der Waals surface area (Å²) in [5, 5.41) is 9.42. The van der Waals surface area contributed by atoms with Crippen LogP contribution in [-0.2, 0) is 4.74 Å². The minimum absolute atomic E-state index is 0.309. The molecular formula is C13H21NO2. The first kappa shape index (κ1) is 13.0. The number of rotatable bonds is 6. The summed E-state index contributed by atoms with van der Waals surface area (Å²) in [7, 11) is 3.81. The Balaban J connectivity index is 2.52. The lowest BCUT2D eigenvalue weighted by Gasteiger charge is -2.25. The van der Waals surface area contributed by atoms with E-state index >= 15 is 0 Å². The van der Waals surface area contributed by atoms with Gasteiger partial charge >= 0.3 is 0 Å². The maximum atomic E-state index is 9.42. The molecule has 3 nitrogen and oxygen atoms in total. The standard InChI is InChI=1S/C13H21NO2/c1-11(14(2)8-5-9-16-3)12-6-4-7-13(15)10-12/h4,6-7,10-11,15H,5,8-9H2,1-3H3. The van der Waals surface area contributed by atoms with Crippen LogP contribution in [0.5, 0.6) is 5.75 Å². The van der Waals surface area contributed by atoms with Crippen molar-refractivity contribution in [2.75, 3.05) is 27.3 Å². The van der Waals surface area contributed by atoms with E-state index in [4.69, 9.17) is 4.74 Å². The molecule has 90 valence electrons. The highest BCUT2D eigenvalue weighted by Gasteiger charge is 2.11. The van der Waals surface area contributed by atoms with Gasteiger partial charge in [0.15, 0.2) is 0 Å². The zero-order valence-electron chi connectivity index (χ0n) is 10.3. The Kier molecular flexibility index (Phi) is 5.29. The Morgan fingerprint density at radius 1 is 1.44 bits per heavy atom. The number of phenolic OH excluding ortho intramolecular Hbond substituents is 1. The summed E-state index contributed by atoms with van der Waals surface area (Å²) in [5.41, 5.74) is 1.14. The summed E-state index contributed by atoms with van der Waals surface area (Å²) in [5.74, 6) is 0.328. The van der Waals surface area contributed by atoms with Crippen LogP contribution in [0, 0.1) is 0 Å². The number of aromatic hydroxyl groups is 1. The summed E-state index contributed by atoms with van der Waals surface area (Å²) >= 11 is 0. The highest BCUT2D eigenvalue weighted by molar-refractivity contribution is 5.29. The number of phenols is 1. The molecule has 0 aliphatic heterocycles. The van der Waals surface area contributed by atoms with Crippen molar-refractivity contribution >= 4 is 0 Å². The summed E-state index contributed by atoms with van der Waals surface area (Å²) < 4.78 is 5.03. The third kappa shape index (κ3) is 3.83. The summed E-state index contributed by atoms with van der Waals surface area (Å²) in [4.78, 5) is 2.26. The topological polar surface area (TPSA) is 32.7 Å². The van der Waals surface area contributed by atoms with Gasteiger partial charge in [-0.25, -0.2) is 0 Å². The van der Waals surface area contributed by atoms with E-state index in [1.165, 1.54) is 0 Å². The lowest BCUT2D eigenvalue weighted by molar-refractivity contribution is 0.168. The van der Waals surface area contributed by atoms with Crippen molar-refractivity contribution in [3.8, 4) is 5.75 Å². The second-order valence-electron chi connectivity index (χ2n) is 4.10. The van der Waals surface area contributed by atoms with Gasteiger partial charge in [0.05, 0.1) is 0 Å². The molecule has 0 saturated carbocycles. The molecule has 1 aromatic rings. The Hall–Kier alpha value is -1.06. The van der Waals surface area contributed by atoms with Gasteiger partial charge in [-0.2, -0.15) is 0 Å². The first-order valence-electron chi connectivity index (χ1n) is 5.63.